The summed E-state index contributed by atoms with van der Waals surface area (Å²) in [5.74, 6) is -0.833. The summed E-state index contributed by atoms with van der Waals surface area (Å²) in [6.07, 6.45) is 0.978. The molecule has 0 spiro atoms. The molecule has 0 aliphatic carbocycles. The van der Waals surface area contributed by atoms with E-state index >= 15 is 0 Å². The van der Waals surface area contributed by atoms with E-state index < -0.39 is 28.5 Å². The SMILES string of the molecule is CCCNC(=O)[C@H](Cc1ccccc1)N(Cc1cccc(Br)c1)C(=O)CN(c1ccc(Cl)cc1)S(=O)(=O)c1ccccc1. The fourth-order valence-corrected chi connectivity index (χ4v) is 6.62. The second kappa shape index (κ2) is 15.2. The van der Waals surface area contributed by atoms with Gasteiger partial charge in [0.2, 0.25) is 11.8 Å². The molecular weight excluding hydrogens is 650 g/mol. The van der Waals surface area contributed by atoms with Gasteiger partial charge < -0.3 is 10.2 Å². The van der Waals surface area contributed by atoms with E-state index in [-0.39, 0.29) is 29.5 Å². The minimum atomic E-state index is -4.16. The summed E-state index contributed by atoms with van der Waals surface area (Å²) >= 11 is 9.60. The predicted molar refractivity (Wildman–Crippen MR) is 174 cm³/mol. The zero-order valence-electron chi connectivity index (χ0n) is 23.7. The van der Waals surface area contributed by atoms with Gasteiger partial charge in [-0.3, -0.25) is 13.9 Å². The van der Waals surface area contributed by atoms with Crippen LogP contribution in [0, 0.1) is 0 Å². The van der Waals surface area contributed by atoms with Crippen molar-refractivity contribution in [3.8, 4) is 0 Å². The highest BCUT2D eigenvalue weighted by atomic mass is 79.9. The van der Waals surface area contributed by atoms with E-state index in [1.54, 1.807) is 42.5 Å². The Hall–Kier alpha value is -3.66. The molecule has 0 aliphatic heterocycles. The van der Waals surface area contributed by atoms with Crippen LogP contribution in [-0.4, -0.2) is 44.3 Å². The minimum Gasteiger partial charge on any atom is -0.354 e. The van der Waals surface area contributed by atoms with Gasteiger partial charge in [0, 0.05) is 29.0 Å². The Morgan fingerprint density at radius 1 is 0.860 bits per heavy atom. The first-order valence-electron chi connectivity index (χ1n) is 13.9. The van der Waals surface area contributed by atoms with Crippen molar-refractivity contribution in [1.82, 2.24) is 10.2 Å². The van der Waals surface area contributed by atoms with Crippen LogP contribution in [0.2, 0.25) is 5.02 Å². The Labute approximate surface area is 266 Å². The number of nitrogens with zero attached hydrogens (tertiary/aromatic N) is 2. The normalized spacial score (nSPS) is 11.9. The van der Waals surface area contributed by atoms with Crippen LogP contribution in [0.1, 0.15) is 24.5 Å². The molecule has 10 heteroatoms. The smallest absolute Gasteiger partial charge is 0.264 e. The van der Waals surface area contributed by atoms with Gasteiger partial charge in [-0.15, -0.1) is 0 Å². The highest BCUT2D eigenvalue weighted by Gasteiger charge is 2.34. The Bertz CT molecular complexity index is 1620. The van der Waals surface area contributed by atoms with Gasteiger partial charge in [0.25, 0.3) is 10.0 Å². The fourth-order valence-electron chi connectivity index (χ4n) is 4.61. The molecular formula is C33H33BrClN3O4S. The summed E-state index contributed by atoms with van der Waals surface area (Å²) in [6, 6.07) is 30.2. The Morgan fingerprint density at radius 2 is 1.49 bits per heavy atom. The molecule has 0 heterocycles. The molecule has 1 N–H and O–H groups in total. The molecule has 0 radical (unpaired) electrons. The lowest BCUT2D eigenvalue weighted by Gasteiger charge is -2.34. The summed E-state index contributed by atoms with van der Waals surface area (Å²) < 4.78 is 29.8. The number of nitrogens with one attached hydrogen (secondary N) is 1. The number of sulfonamides is 1. The van der Waals surface area contributed by atoms with E-state index in [9.17, 15) is 18.0 Å². The average molecular weight is 683 g/mol. The number of carbonyl (C=O) groups excluding carboxylic acids is 2. The topological polar surface area (TPSA) is 86.8 Å². The van der Waals surface area contributed by atoms with E-state index in [1.807, 2.05) is 61.5 Å². The second-order valence-corrected chi connectivity index (χ2v) is 13.2. The van der Waals surface area contributed by atoms with E-state index in [4.69, 9.17) is 11.6 Å². The molecule has 0 aliphatic rings. The molecule has 1 atom stereocenters. The van der Waals surface area contributed by atoms with Gasteiger partial charge in [0.05, 0.1) is 10.6 Å². The van der Waals surface area contributed by atoms with Crippen LogP contribution in [0.15, 0.2) is 119 Å². The summed E-state index contributed by atoms with van der Waals surface area (Å²) in [5, 5.41) is 3.37. The molecule has 0 fully saturated rings. The van der Waals surface area contributed by atoms with Crippen LogP contribution in [0.25, 0.3) is 0 Å². The molecule has 0 saturated heterocycles. The van der Waals surface area contributed by atoms with Crippen LogP contribution in [-0.2, 0) is 32.6 Å². The first-order chi connectivity index (χ1) is 20.7. The molecule has 0 bridgehead atoms. The zero-order valence-corrected chi connectivity index (χ0v) is 26.9. The molecule has 4 rings (SSSR count). The van der Waals surface area contributed by atoms with Gasteiger partial charge >= 0.3 is 0 Å². The number of amides is 2. The second-order valence-electron chi connectivity index (χ2n) is 9.95. The van der Waals surface area contributed by atoms with Crippen LogP contribution in [0.5, 0.6) is 0 Å². The van der Waals surface area contributed by atoms with Gasteiger partial charge in [0.1, 0.15) is 12.6 Å². The largest absolute Gasteiger partial charge is 0.354 e. The molecule has 43 heavy (non-hydrogen) atoms. The maximum Gasteiger partial charge on any atom is 0.264 e. The van der Waals surface area contributed by atoms with Crippen LogP contribution >= 0.6 is 27.5 Å². The zero-order chi connectivity index (χ0) is 30.8. The van der Waals surface area contributed by atoms with Crippen molar-refractivity contribution in [1.29, 1.82) is 0 Å². The number of benzene rings is 4. The maximum atomic E-state index is 14.4. The van der Waals surface area contributed by atoms with Crippen LogP contribution < -0.4 is 9.62 Å². The van der Waals surface area contributed by atoms with Crippen molar-refractivity contribution in [3.05, 3.63) is 130 Å². The van der Waals surface area contributed by atoms with Gasteiger partial charge in [-0.05, 0) is 66.1 Å². The number of halogens is 2. The Kier molecular flexibility index (Phi) is 11.4. The van der Waals surface area contributed by atoms with Crippen molar-refractivity contribution in [2.45, 2.75) is 37.2 Å². The average Bonchev–Trinajstić information content (AvgIpc) is 3.01. The highest BCUT2D eigenvalue weighted by Crippen LogP contribution is 2.26. The maximum absolute atomic E-state index is 14.4. The van der Waals surface area contributed by atoms with Crippen molar-refractivity contribution in [3.63, 3.8) is 0 Å². The van der Waals surface area contributed by atoms with Crippen molar-refractivity contribution >= 4 is 55.1 Å². The Morgan fingerprint density at radius 3 is 2.12 bits per heavy atom. The molecule has 4 aromatic carbocycles. The first kappa shape index (κ1) is 32.3. The Balaban J connectivity index is 1.78. The van der Waals surface area contributed by atoms with Crippen molar-refractivity contribution in [2.75, 3.05) is 17.4 Å². The quantitative estimate of drug-likeness (QED) is 0.175. The molecule has 2 amide bonds. The minimum absolute atomic E-state index is 0.0396. The molecule has 0 saturated carbocycles. The predicted octanol–water partition coefficient (Wildman–Crippen LogP) is 6.46. The van der Waals surface area contributed by atoms with E-state index in [1.165, 1.54) is 17.0 Å². The molecule has 7 nitrogen and oxygen atoms in total. The van der Waals surface area contributed by atoms with Crippen molar-refractivity contribution in [2.24, 2.45) is 0 Å². The van der Waals surface area contributed by atoms with E-state index in [0.29, 0.717) is 11.6 Å². The number of anilines is 1. The molecule has 224 valence electrons. The monoisotopic (exact) mass is 681 g/mol. The van der Waals surface area contributed by atoms with Crippen LogP contribution in [0.3, 0.4) is 0 Å². The number of rotatable bonds is 13. The summed E-state index contributed by atoms with van der Waals surface area (Å²) in [6.45, 7) is 1.96. The molecule has 4 aromatic rings. The highest BCUT2D eigenvalue weighted by molar-refractivity contribution is 9.10. The van der Waals surface area contributed by atoms with E-state index in [0.717, 1.165) is 26.3 Å². The lowest BCUT2D eigenvalue weighted by molar-refractivity contribution is -0.140. The molecule has 0 aromatic heterocycles. The lowest BCUT2D eigenvalue weighted by atomic mass is 10.0. The molecule has 0 unspecified atom stereocenters. The number of hydrogen-bond acceptors (Lipinski definition) is 4. The van der Waals surface area contributed by atoms with Gasteiger partial charge in [-0.25, -0.2) is 8.42 Å². The fraction of sp³-hybridized carbons (Fsp3) is 0.212. The van der Waals surface area contributed by atoms with E-state index in [2.05, 4.69) is 21.2 Å². The summed E-state index contributed by atoms with van der Waals surface area (Å²) in [4.78, 5) is 29.5. The first-order valence-corrected chi connectivity index (χ1v) is 16.5. The lowest BCUT2D eigenvalue weighted by Crippen LogP contribution is -2.53. The third-order valence-electron chi connectivity index (χ3n) is 6.79. The standard InChI is InChI=1S/C33H33BrClN3O4S/c1-2-20-36-33(40)31(22-25-10-5-3-6-11-25)37(23-26-12-9-13-27(34)21-26)32(39)24-38(29-18-16-28(35)17-19-29)43(41,42)30-14-7-4-8-15-30/h3-19,21,31H,2,20,22-24H2,1H3,(H,36,40)/t31-/m0/s1. The number of hydrogen-bond donors (Lipinski definition) is 1. The number of carbonyl (C=O) groups is 2. The third kappa shape index (κ3) is 8.69. The summed E-state index contributed by atoms with van der Waals surface area (Å²) in [5.41, 5.74) is 1.93. The van der Waals surface area contributed by atoms with Crippen molar-refractivity contribution < 1.29 is 18.0 Å². The van der Waals surface area contributed by atoms with Gasteiger partial charge in [-0.1, -0.05) is 95.1 Å². The summed E-state index contributed by atoms with van der Waals surface area (Å²) in [7, 11) is -4.16. The van der Waals surface area contributed by atoms with Gasteiger partial charge in [-0.2, -0.15) is 0 Å². The third-order valence-corrected chi connectivity index (χ3v) is 9.32. The van der Waals surface area contributed by atoms with Crippen LogP contribution in [0.4, 0.5) is 5.69 Å². The van der Waals surface area contributed by atoms with Gasteiger partial charge in [0.15, 0.2) is 0 Å².